The molecule has 0 aliphatic carbocycles. The number of amides is 1. The molecule has 1 amide bonds. The van der Waals surface area contributed by atoms with Gasteiger partial charge in [-0.2, -0.15) is 5.10 Å². The van der Waals surface area contributed by atoms with Crippen LogP contribution in [-0.4, -0.2) is 37.6 Å². The summed E-state index contributed by atoms with van der Waals surface area (Å²) in [7, 11) is 3.57. The third kappa shape index (κ3) is 2.20. The fourth-order valence-electron chi connectivity index (χ4n) is 1.60. The van der Waals surface area contributed by atoms with E-state index >= 15 is 0 Å². The van der Waals surface area contributed by atoms with Gasteiger partial charge in [0.2, 0.25) is 0 Å². The number of rotatable bonds is 3. The Morgan fingerprint density at radius 3 is 2.88 bits per heavy atom. The minimum atomic E-state index is -0.0491. The molecule has 1 N–H and O–H groups in total. The number of carbonyl (C=O) groups excluding carboxylic acids is 1. The highest BCUT2D eigenvalue weighted by molar-refractivity contribution is 5.94. The van der Waals surface area contributed by atoms with Crippen LogP contribution in [0.15, 0.2) is 18.6 Å². The minimum absolute atomic E-state index is 0.0491. The first-order valence-electron chi connectivity index (χ1n) is 5.32. The Labute approximate surface area is 99.3 Å². The second kappa shape index (κ2) is 4.40. The predicted molar refractivity (Wildman–Crippen MR) is 62.3 cm³/mol. The monoisotopic (exact) mass is 233 g/mol. The van der Waals surface area contributed by atoms with E-state index in [1.165, 1.54) is 0 Å². The van der Waals surface area contributed by atoms with Gasteiger partial charge in [-0.05, 0) is 6.92 Å². The van der Waals surface area contributed by atoms with Crippen molar-refractivity contribution in [3.8, 4) is 0 Å². The second-order valence-corrected chi connectivity index (χ2v) is 3.96. The Balaban J connectivity index is 2.12. The molecule has 0 saturated heterocycles. The molecule has 0 fully saturated rings. The molecule has 2 aromatic heterocycles. The Morgan fingerprint density at radius 2 is 2.35 bits per heavy atom. The van der Waals surface area contributed by atoms with Crippen LogP contribution in [-0.2, 0) is 13.6 Å². The van der Waals surface area contributed by atoms with Gasteiger partial charge in [0.1, 0.15) is 5.82 Å². The number of aromatic amines is 1. The van der Waals surface area contributed by atoms with Crippen molar-refractivity contribution < 1.29 is 4.79 Å². The predicted octanol–water partition coefficient (Wildman–Crippen LogP) is 0.724. The molecule has 0 aliphatic rings. The fourth-order valence-corrected chi connectivity index (χ4v) is 1.60. The molecule has 0 radical (unpaired) electrons. The molecule has 2 aromatic rings. The third-order valence-electron chi connectivity index (χ3n) is 2.75. The van der Waals surface area contributed by atoms with Gasteiger partial charge in [0.05, 0.1) is 18.3 Å². The molecule has 17 heavy (non-hydrogen) atoms. The van der Waals surface area contributed by atoms with Gasteiger partial charge in [0.15, 0.2) is 0 Å². The molecule has 0 bridgehead atoms. The molecule has 0 unspecified atom stereocenters. The summed E-state index contributed by atoms with van der Waals surface area (Å²) in [5, 5.41) is 4.06. The Morgan fingerprint density at radius 1 is 1.59 bits per heavy atom. The smallest absolute Gasteiger partial charge is 0.257 e. The lowest BCUT2D eigenvalue weighted by Crippen LogP contribution is -2.27. The van der Waals surface area contributed by atoms with Crippen LogP contribution in [0.25, 0.3) is 0 Å². The quantitative estimate of drug-likeness (QED) is 0.849. The van der Waals surface area contributed by atoms with Gasteiger partial charge in [0.25, 0.3) is 5.91 Å². The molecule has 2 rings (SSSR count). The highest BCUT2D eigenvalue weighted by Gasteiger charge is 2.17. The van der Waals surface area contributed by atoms with Crippen LogP contribution < -0.4 is 0 Å². The largest absolute Gasteiger partial charge is 0.347 e. The highest BCUT2D eigenvalue weighted by atomic mass is 16.2. The first-order chi connectivity index (χ1) is 8.09. The second-order valence-electron chi connectivity index (χ2n) is 3.96. The highest BCUT2D eigenvalue weighted by Crippen LogP contribution is 2.09. The summed E-state index contributed by atoms with van der Waals surface area (Å²) in [6, 6.07) is 0. The van der Waals surface area contributed by atoms with Crippen molar-refractivity contribution in [1.82, 2.24) is 24.6 Å². The average molecular weight is 233 g/mol. The normalized spacial score (nSPS) is 10.5. The number of nitrogens with one attached hydrogen (secondary N) is 1. The topological polar surface area (TPSA) is 66.8 Å². The maximum absolute atomic E-state index is 12.1. The van der Waals surface area contributed by atoms with Crippen molar-refractivity contribution >= 4 is 5.91 Å². The molecule has 6 nitrogen and oxygen atoms in total. The number of hydrogen-bond donors (Lipinski definition) is 1. The summed E-state index contributed by atoms with van der Waals surface area (Å²) in [4.78, 5) is 20.8. The standard InChI is InChI=1S/C11H15N5O/c1-8-9(6-14-16(8)3)11(17)15(2)7-10-12-4-5-13-10/h4-6H,7H2,1-3H3,(H,12,13). The van der Waals surface area contributed by atoms with Crippen LogP contribution in [0.2, 0.25) is 0 Å². The zero-order valence-corrected chi connectivity index (χ0v) is 10.1. The Hall–Kier alpha value is -2.11. The number of nitrogens with zero attached hydrogens (tertiary/aromatic N) is 4. The van der Waals surface area contributed by atoms with E-state index < -0.39 is 0 Å². The van der Waals surface area contributed by atoms with Crippen LogP contribution >= 0.6 is 0 Å². The molecule has 90 valence electrons. The summed E-state index contributed by atoms with van der Waals surface area (Å²) in [5.74, 6) is 0.717. The lowest BCUT2D eigenvalue weighted by molar-refractivity contribution is 0.0781. The third-order valence-corrected chi connectivity index (χ3v) is 2.75. The van der Waals surface area contributed by atoms with E-state index in [9.17, 15) is 4.79 Å². The lowest BCUT2D eigenvalue weighted by atomic mass is 10.2. The summed E-state index contributed by atoms with van der Waals surface area (Å²) in [6.45, 7) is 2.33. The molecule has 6 heteroatoms. The minimum Gasteiger partial charge on any atom is -0.347 e. The molecule has 0 aromatic carbocycles. The van der Waals surface area contributed by atoms with E-state index in [1.807, 2.05) is 14.0 Å². The number of aryl methyl sites for hydroxylation is 1. The van der Waals surface area contributed by atoms with Crippen molar-refractivity contribution in [2.75, 3.05) is 7.05 Å². The summed E-state index contributed by atoms with van der Waals surface area (Å²) < 4.78 is 1.69. The Kier molecular flexibility index (Phi) is 2.95. The maximum Gasteiger partial charge on any atom is 0.257 e. The zero-order valence-electron chi connectivity index (χ0n) is 10.1. The van der Waals surface area contributed by atoms with E-state index in [1.54, 1.807) is 35.2 Å². The van der Waals surface area contributed by atoms with Crippen molar-refractivity contribution in [2.24, 2.45) is 7.05 Å². The van der Waals surface area contributed by atoms with E-state index in [0.717, 1.165) is 11.5 Å². The van der Waals surface area contributed by atoms with Crippen LogP contribution in [0.1, 0.15) is 21.9 Å². The number of hydrogen-bond acceptors (Lipinski definition) is 3. The van der Waals surface area contributed by atoms with E-state index in [-0.39, 0.29) is 5.91 Å². The van der Waals surface area contributed by atoms with Gasteiger partial charge in [-0.15, -0.1) is 0 Å². The maximum atomic E-state index is 12.1. The van der Waals surface area contributed by atoms with Gasteiger partial charge < -0.3 is 9.88 Å². The van der Waals surface area contributed by atoms with Crippen molar-refractivity contribution in [2.45, 2.75) is 13.5 Å². The van der Waals surface area contributed by atoms with Gasteiger partial charge in [-0.1, -0.05) is 0 Å². The molecule has 0 aliphatic heterocycles. The van der Waals surface area contributed by atoms with Gasteiger partial charge in [0, 0.05) is 32.2 Å². The van der Waals surface area contributed by atoms with Gasteiger partial charge >= 0.3 is 0 Å². The van der Waals surface area contributed by atoms with Crippen molar-refractivity contribution in [1.29, 1.82) is 0 Å². The van der Waals surface area contributed by atoms with Crippen LogP contribution in [0, 0.1) is 6.92 Å². The summed E-state index contributed by atoms with van der Waals surface area (Å²) >= 11 is 0. The van der Waals surface area contributed by atoms with Gasteiger partial charge in [-0.25, -0.2) is 4.98 Å². The zero-order chi connectivity index (χ0) is 12.4. The number of imidazole rings is 1. The molecule has 2 heterocycles. The summed E-state index contributed by atoms with van der Waals surface area (Å²) in [6.07, 6.45) is 5.00. The molecule has 0 spiro atoms. The van der Waals surface area contributed by atoms with Crippen molar-refractivity contribution in [3.05, 3.63) is 35.7 Å². The van der Waals surface area contributed by atoms with Crippen LogP contribution in [0.4, 0.5) is 0 Å². The van der Waals surface area contributed by atoms with Gasteiger partial charge in [-0.3, -0.25) is 9.48 Å². The van der Waals surface area contributed by atoms with Crippen LogP contribution in [0.5, 0.6) is 0 Å². The SMILES string of the molecule is Cc1c(C(=O)N(C)Cc2ncc[nH]2)cnn1C. The summed E-state index contributed by atoms with van der Waals surface area (Å²) in [5.41, 5.74) is 1.49. The number of H-pyrrole nitrogens is 1. The fraction of sp³-hybridized carbons (Fsp3) is 0.364. The first kappa shape index (κ1) is 11.4. The molecular formula is C11H15N5O. The molecule has 0 atom stereocenters. The average Bonchev–Trinajstić information content (AvgIpc) is 2.90. The van der Waals surface area contributed by atoms with E-state index in [4.69, 9.17) is 0 Å². The van der Waals surface area contributed by atoms with Crippen molar-refractivity contribution in [3.63, 3.8) is 0 Å². The lowest BCUT2D eigenvalue weighted by Gasteiger charge is -2.15. The number of carbonyl (C=O) groups is 1. The molecular weight excluding hydrogens is 218 g/mol. The van der Waals surface area contributed by atoms with Crippen LogP contribution in [0.3, 0.4) is 0 Å². The first-order valence-corrected chi connectivity index (χ1v) is 5.32. The molecule has 0 saturated carbocycles. The van der Waals surface area contributed by atoms with E-state index in [0.29, 0.717) is 12.1 Å². The van der Waals surface area contributed by atoms with E-state index in [2.05, 4.69) is 15.1 Å². The number of aromatic nitrogens is 4. The Bertz CT molecular complexity index is 514.